The summed E-state index contributed by atoms with van der Waals surface area (Å²) in [6.45, 7) is 6.99. The topological polar surface area (TPSA) is 23.6 Å². The Bertz CT molecular complexity index is 261. The van der Waals surface area contributed by atoms with E-state index >= 15 is 0 Å². The van der Waals surface area contributed by atoms with Gasteiger partial charge in [0.15, 0.2) is 0 Å². The van der Waals surface area contributed by atoms with Crippen LogP contribution in [0.15, 0.2) is 0 Å². The molecule has 1 amide bonds. The molecule has 0 unspecified atom stereocenters. The average molecular weight is 347 g/mol. The minimum atomic E-state index is 0.232. The number of unbranched alkanes of at least 4 members (excludes halogenated alkanes) is 6. The van der Waals surface area contributed by atoms with Crippen LogP contribution in [0.4, 0.5) is 0 Å². The molecule has 1 heterocycles. The normalized spacial score (nSPS) is 17.2. The molecule has 0 saturated carbocycles. The molecule has 1 aliphatic rings. The van der Waals surface area contributed by atoms with Gasteiger partial charge in [0.05, 0.1) is 0 Å². The molecule has 0 aromatic rings. The Morgan fingerprint density at radius 3 is 2.20 bits per heavy atom. The number of halogens is 1. The van der Waals surface area contributed by atoms with Crippen molar-refractivity contribution in [3.63, 3.8) is 0 Å². The Hall–Kier alpha value is -0.0900. The summed E-state index contributed by atoms with van der Waals surface area (Å²) >= 11 is 3.48. The number of nitrogens with zero attached hydrogens (tertiary/aromatic N) is 2. The van der Waals surface area contributed by atoms with Gasteiger partial charge in [-0.25, -0.2) is 0 Å². The van der Waals surface area contributed by atoms with Crippen molar-refractivity contribution < 1.29 is 4.79 Å². The predicted molar refractivity (Wildman–Crippen MR) is 89.4 cm³/mol. The summed E-state index contributed by atoms with van der Waals surface area (Å²) < 4.78 is 0. The average Bonchev–Trinajstić information content (AvgIpc) is 2.67. The molecule has 4 heteroatoms. The standard InChI is InChI=1S/C16H31BrN2O/c1-16(20)19-13-9-12-18(14-15-19)11-8-6-4-2-3-5-7-10-17/h2-15H2,1H3. The quantitative estimate of drug-likeness (QED) is 0.469. The van der Waals surface area contributed by atoms with Crippen molar-refractivity contribution in [2.24, 2.45) is 0 Å². The fraction of sp³-hybridized carbons (Fsp3) is 0.938. The minimum absolute atomic E-state index is 0.232. The van der Waals surface area contributed by atoms with E-state index in [9.17, 15) is 4.79 Å². The largest absolute Gasteiger partial charge is 0.342 e. The highest BCUT2D eigenvalue weighted by molar-refractivity contribution is 9.09. The second-order valence-electron chi connectivity index (χ2n) is 5.87. The third kappa shape index (κ3) is 8.25. The first-order chi connectivity index (χ1) is 9.74. The number of carbonyl (C=O) groups is 1. The zero-order valence-electron chi connectivity index (χ0n) is 13.1. The van der Waals surface area contributed by atoms with Crippen LogP contribution < -0.4 is 0 Å². The van der Waals surface area contributed by atoms with E-state index < -0.39 is 0 Å². The maximum Gasteiger partial charge on any atom is 0.219 e. The van der Waals surface area contributed by atoms with Crippen LogP contribution in [-0.4, -0.2) is 53.8 Å². The highest BCUT2D eigenvalue weighted by Gasteiger charge is 2.15. The zero-order chi connectivity index (χ0) is 14.6. The van der Waals surface area contributed by atoms with E-state index in [1.807, 2.05) is 4.90 Å². The van der Waals surface area contributed by atoms with Gasteiger partial charge in [0.25, 0.3) is 0 Å². The minimum Gasteiger partial charge on any atom is -0.342 e. The molecule has 1 fully saturated rings. The van der Waals surface area contributed by atoms with Gasteiger partial charge in [-0.15, -0.1) is 0 Å². The monoisotopic (exact) mass is 346 g/mol. The van der Waals surface area contributed by atoms with Crippen molar-refractivity contribution >= 4 is 21.8 Å². The molecule has 3 nitrogen and oxygen atoms in total. The molecular weight excluding hydrogens is 316 g/mol. The lowest BCUT2D eigenvalue weighted by atomic mass is 10.1. The van der Waals surface area contributed by atoms with Crippen LogP contribution in [0, 0.1) is 0 Å². The Morgan fingerprint density at radius 2 is 1.55 bits per heavy atom. The molecule has 1 rings (SSSR count). The zero-order valence-corrected chi connectivity index (χ0v) is 14.7. The summed E-state index contributed by atoms with van der Waals surface area (Å²) in [4.78, 5) is 15.9. The molecule has 1 aliphatic heterocycles. The van der Waals surface area contributed by atoms with Crippen LogP contribution in [-0.2, 0) is 4.79 Å². The predicted octanol–water partition coefficient (Wildman–Crippen LogP) is 3.67. The van der Waals surface area contributed by atoms with Crippen molar-refractivity contribution in [3.8, 4) is 0 Å². The highest BCUT2D eigenvalue weighted by Crippen LogP contribution is 2.10. The summed E-state index contributed by atoms with van der Waals surface area (Å²) in [5.74, 6) is 0.232. The Morgan fingerprint density at radius 1 is 0.900 bits per heavy atom. The first kappa shape index (κ1) is 18.0. The molecule has 118 valence electrons. The highest BCUT2D eigenvalue weighted by atomic mass is 79.9. The van der Waals surface area contributed by atoms with Crippen LogP contribution in [0.3, 0.4) is 0 Å². The lowest BCUT2D eigenvalue weighted by molar-refractivity contribution is -0.128. The fourth-order valence-corrected chi connectivity index (χ4v) is 3.22. The van der Waals surface area contributed by atoms with Crippen LogP contribution in [0.2, 0.25) is 0 Å². The number of hydrogen-bond donors (Lipinski definition) is 0. The molecule has 20 heavy (non-hydrogen) atoms. The van der Waals surface area contributed by atoms with Crippen molar-refractivity contribution in [1.82, 2.24) is 9.80 Å². The van der Waals surface area contributed by atoms with Gasteiger partial charge < -0.3 is 9.80 Å². The van der Waals surface area contributed by atoms with Gasteiger partial charge in [-0.2, -0.15) is 0 Å². The summed E-state index contributed by atoms with van der Waals surface area (Å²) in [6, 6.07) is 0. The lowest BCUT2D eigenvalue weighted by Crippen LogP contribution is -2.33. The van der Waals surface area contributed by atoms with E-state index in [1.54, 1.807) is 6.92 Å². The first-order valence-electron chi connectivity index (χ1n) is 8.28. The third-order valence-electron chi connectivity index (χ3n) is 4.14. The maximum atomic E-state index is 11.4. The molecule has 0 radical (unpaired) electrons. The molecule has 0 aliphatic carbocycles. The van der Waals surface area contributed by atoms with E-state index in [4.69, 9.17) is 0 Å². The smallest absolute Gasteiger partial charge is 0.219 e. The summed E-state index contributed by atoms with van der Waals surface area (Å²) in [7, 11) is 0. The van der Waals surface area contributed by atoms with E-state index in [-0.39, 0.29) is 5.91 Å². The molecule has 0 N–H and O–H groups in total. The summed E-state index contributed by atoms with van der Waals surface area (Å²) in [5, 5.41) is 1.15. The van der Waals surface area contributed by atoms with Gasteiger partial charge in [0, 0.05) is 31.9 Å². The van der Waals surface area contributed by atoms with E-state index in [0.717, 1.165) is 37.9 Å². The van der Waals surface area contributed by atoms with Crippen LogP contribution in [0.25, 0.3) is 0 Å². The molecule has 0 bridgehead atoms. The van der Waals surface area contributed by atoms with Gasteiger partial charge in [-0.05, 0) is 32.4 Å². The Balaban J connectivity index is 1.98. The second kappa shape index (κ2) is 11.6. The number of hydrogen-bond acceptors (Lipinski definition) is 2. The second-order valence-corrected chi connectivity index (χ2v) is 6.66. The van der Waals surface area contributed by atoms with Crippen molar-refractivity contribution in [3.05, 3.63) is 0 Å². The van der Waals surface area contributed by atoms with Crippen molar-refractivity contribution in [2.75, 3.05) is 38.1 Å². The number of carbonyl (C=O) groups excluding carboxylic acids is 1. The van der Waals surface area contributed by atoms with Crippen molar-refractivity contribution in [1.29, 1.82) is 0 Å². The van der Waals surface area contributed by atoms with Crippen LogP contribution in [0.1, 0.15) is 58.3 Å². The number of alkyl halides is 1. The van der Waals surface area contributed by atoms with E-state index in [2.05, 4.69) is 20.8 Å². The Labute approximate surface area is 133 Å². The molecule has 0 aromatic heterocycles. The third-order valence-corrected chi connectivity index (χ3v) is 4.70. The molecule has 1 saturated heterocycles. The van der Waals surface area contributed by atoms with Gasteiger partial charge in [-0.3, -0.25) is 4.79 Å². The van der Waals surface area contributed by atoms with Gasteiger partial charge >= 0.3 is 0 Å². The van der Waals surface area contributed by atoms with Gasteiger partial charge in [0.1, 0.15) is 0 Å². The molecule has 0 spiro atoms. The lowest BCUT2D eigenvalue weighted by Gasteiger charge is -2.20. The molecular formula is C16H31BrN2O. The van der Waals surface area contributed by atoms with E-state index in [0.29, 0.717) is 0 Å². The summed E-state index contributed by atoms with van der Waals surface area (Å²) in [6.07, 6.45) is 10.7. The SMILES string of the molecule is CC(=O)N1CCCN(CCCCCCCCCBr)CC1. The number of rotatable bonds is 9. The first-order valence-corrected chi connectivity index (χ1v) is 9.40. The van der Waals surface area contributed by atoms with Crippen molar-refractivity contribution in [2.45, 2.75) is 58.3 Å². The molecule has 0 atom stereocenters. The summed E-state index contributed by atoms with van der Waals surface area (Å²) in [5.41, 5.74) is 0. The number of amides is 1. The Kier molecular flexibility index (Phi) is 10.4. The van der Waals surface area contributed by atoms with Crippen LogP contribution >= 0.6 is 15.9 Å². The fourth-order valence-electron chi connectivity index (χ4n) is 2.82. The van der Waals surface area contributed by atoms with Gasteiger partial charge in [0.2, 0.25) is 5.91 Å². The van der Waals surface area contributed by atoms with E-state index in [1.165, 1.54) is 51.5 Å². The van der Waals surface area contributed by atoms with Crippen LogP contribution in [0.5, 0.6) is 0 Å². The molecule has 0 aromatic carbocycles. The maximum absolute atomic E-state index is 11.4. The van der Waals surface area contributed by atoms with Gasteiger partial charge in [-0.1, -0.05) is 48.0 Å².